The van der Waals surface area contributed by atoms with Gasteiger partial charge >= 0.3 is 0 Å². The van der Waals surface area contributed by atoms with Gasteiger partial charge in [0.1, 0.15) is 6.04 Å². The van der Waals surface area contributed by atoms with Gasteiger partial charge in [-0.3, -0.25) is 14.5 Å². The van der Waals surface area contributed by atoms with Crippen LogP contribution in [0.2, 0.25) is 0 Å². The summed E-state index contributed by atoms with van der Waals surface area (Å²) < 4.78 is 0. The number of rotatable bonds is 9. The summed E-state index contributed by atoms with van der Waals surface area (Å²) in [4.78, 5) is 28.1. The molecule has 1 unspecified atom stereocenters. The molecule has 21 heavy (non-hydrogen) atoms. The molecule has 0 aliphatic rings. The Morgan fingerprint density at radius 3 is 2.10 bits per heavy atom. The largest absolute Gasteiger partial charge is 0.347 e. The van der Waals surface area contributed by atoms with Crippen molar-refractivity contribution in [3.8, 4) is 0 Å². The van der Waals surface area contributed by atoms with Gasteiger partial charge in [0.25, 0.3) is 0 Å². The zero-order chi connectivity index (χ0) is 16.6. The fraction of sp³-hybridized carbons (Fsp3) is 0.867. The van der Waals surface area contributed by atoms with Gasteiger partial charge in [-0.25, -0.2) is 0 Å². The van der Waals surface area contributed by atoms with E-state index in [1.807, 2.05) is 39.8 Å². The summed E-state index contributed by atoms with van der Waals surface area (Å²) in [7, 11) is 7.24. The Labute approximate surface area is 129 Å². The number of hydrogen-bond acceptors (Lipinski definition) is 4. The third-order valence-electron chi connectivity index (χ3n) is 3.55. The average Bonchev–Trinajstić information content (AvgIpc) is 2.41. The highest BCUT2D eigenvalue weighted by Crippen LogP contribution is 2.10. The SMILES string of the molecule is CCC(NC(=O)[C@H](C(C)C)N(C)CCNC)C(=O)N(C)C. The Kier molecular flexibility index (Phi) is 9.21. The molecule has 0 heterocycles. The molecule has 0 radical (unpaired) electrons. The Balaban J connectivity index is 4.85. The van der Waals surface area contributed by atoms with E-state index in [1.165, 1.54) is 4.90 Å². The number of amides is 2. The Bertz CT molecular complexity index is 332. The van der Waals surface area contributed by atoms with E-state index >= 15 is 0 Å². The van der Waals surface area contributed by atoms with Crippen LogP contribution in [0.25, 0.3) is 0 Å². The molecule has 124 valence electrons. The summed E-state index contributed by atoms with van der Waals surface area (Å²) in [5, 5.41) is 5.98. The summed E-state index contributed by atoms with van der Waals surface area (Å²) in [6.07, 6.45) is 0.591. The van der Waals surface area contributed by atoms with Crippen molar-refractivity contribution in [2.45, 2.75) is 39.3 Å². The van der Waals surface area contributed by atoms with Crippen LogP contribution in [0.5, 0.6) is 0 Å². The first kappa shape index (κ1) is 19.9. The topological polar surface area (TPSA) is 64.7 Å². The van der Waals surface area contributed by atoms with Gasteiger partial charge in [0.15, 0.2) is 0 Å². The van der Waals surface area contributed by atoms with Crippen LogP contribution in [0, 0.1) is 5.92 Å². The molecule has 0 aromatic heterocycles. The maximum Gasteiger partial charge on any atom is 0.244 e. The van der Waals surface area contributed by atoms with Crippen LogP contribution >= 0.6 is 0 Å². The van der Waals surface area contributed by atoms with E-state index in [0.717, 1.165) is 13.1 Å². The van der Waals surface area contributed by atoms with Crippen molar-refractivity contribution < 1.29 is 9.59 Å². The predicted octanol–water partition coefficient (Wildman–Crippen LogP) is 0.145. The van der Waals surface area contributed by atoms with E-state index in [0.29, 0.717) is 6.42 Å². The lowest BCUT2D eigenvalue weighted by Gasteiger charge is -2.31. The van der Waals surface area contributed by atoms with E-state index < -0.39 is 6.04 Å². The van der Waals surface area contributed by atoms with Crippen molar-refractivity contribution >= 4 is 11.8 Å². The Morgan fingerprint density at radius 1 is 1.14 bits per heavy atom. The van der Waals surface area contributed by atoms with Crippen LogP contribution in [0.1, 0.15) is 27.2 Å². The van der Waals surface area contributed by atoms with Crippen molar-refractivity contribution in [1.29, 1.82) is 0 Å². The molecule has 2 amide bonds. The first-order valence-corrected chi connectivity index (χ1v) is 7.62. The lowest BCUT2D eigenvalue weighted by atomic mass is 10.0. The number of likely N-dealkylation sites (N-methyl/N-ethyl adjacent to an activating group) is 3. The van der Waals surface area contributed by atoms with Crippen molar-refractivity contribution in [3.63, 3.8) is 0 Å². The van der Waals surface area contributed by atoms with Crippen LogP contribution in [0.3, 0.4) is 0 Å². The van der Waals surface area contributed by atoms with E-state index in [9.17, 15) is 9.59 Å². The molecule has 6 heteroatoms. The number of carbonyl (C=O) groups is 2. The molecule has 2 atom stereocenters. The van der Waals surface area contributed by atoms with Crippen LogP contribution in [0.4, 0.5) is 0 Å². The molecule has 0 aromatic carbocycles. The van der Waals surface area contributed by atoms with Crippen LogP contribution < -0.4 is 10.6 Å². The van der Waals surface area contributed by atoms with Crippen molar-refractivity contribution in [2.24, 2.45) is 5.92 Å². The van der Waals surface area contributed by atoms with Crippen LogP contribution in [-0.2, 0) is 9.59 Å². The maximum absolute atomic E-state index is 12.5. The molecule has 0 saturated carbocycles. The Hall–Kier alpha value is -1.14. The summed E-state index contributed by atoms with van der Waals surface area (Å²) >= 11 is 0. The van der Waals surface area contributed by atoms with Crippen LogP contribution in [-0.4, -0.2) is 75.0 Å². The molecule has 0 bridgehead atoms. The quantitative estimate of drug-likeness (QED) is 0.636. The molecule has 0 aliphatic heterocycles. The van der Waals surface area contributed by atoms with E-state index in [-0.39, 0.29) is 23.8 Å². The molecule has 0 saturated heterocycles. The minimum absolute atomic E-state index is 0.0637. The summed E-state index contributed by atoms with van der Waals surface area (Å²) in [6, 6.07) is -0.686. The van der Waals surface area contributed by atoms with Crippen LogP contribution in [0.15, 0.2) is 0 Å². The fourth-order valence-electron chi connectivity index (χ4n) is 2.35. The van der Waals surface area contributed by atoms with Gasteiger partial charge in [0.05, 0.1) is 6.04 Å². The summed E-state index contributed by atoms with van der Waals surface area (Å²) in [5.74, 6) is 0.0377. The second-order valence-corrected chi connectivity index (χ2v) is 5.98. The number of nitrogens with zero attached hydrogens (tertiary/aromatic N) is 2. The van der Waals surface area contributed by atoms with Gasteiger partial charge in [-0.1, -0.05) is 20.8 Å². The number of carbonyl (C=O) groups excluding carboxylic acids is 2. The number of nitrogens with one attached hydrogen (secondary N) is 2. The second kappa shape index (κ2) is 9.73. The first-order valence-electron chi connectivity index (χ1n) is 7.62. The highest BCUT2D eigenvalue weighted by molar-refractivity contribution is 5.89. The zero-order valence-electron chi connectivity index (χ0n) is 14.6. The van der Waals surface area contributed by atoms with Gasteiger partial charge in [-0.2, -0.15) is 0 Å². The normalized spacial score (nSPS) is 14.1. The van der Waals surface area contributed by atoms with Crippen molar-refractivity contribution in [3.05, 3.63) is 0 Å². The monoisotopic (exact) mass is 300 g/mol. The van der Waals surface area contributed by atoms with Gasteiger partial charge in [0.2, 0.25) is 11.8 Å². The molecule has 0 fully saturated rings. The minimum atomic E-state index is -0.452. The molecule has 0 spiro atoms. The van der Waals surface area contributed by atoms with E-state index in [4.69, 9.17) is 0 Å². The zero-order valence-corrected chi connectivity index (χ0v) is 14.6. The predicted molar refractivity (Wildman–Crippen MR) is 86.1 cm³/mol. The van der Waals surface area contributed by atoms with Gasteiger partial charge in [-0.05, 0) is 26.4 Å². The van der Waals surface area contributed by atoms with E-state index in [1.54, 1.807) is 14.1 Å². The van der Waals surface area contributed by atoms with Gasteiger partial charge in [-0.15, -0.1) is 0 Å². The molecule has 2 N–H and O–H groups in total. The molecule has 0 aromatic rings. The summed E-state index contributed by atoms with van der Waals surface area (Å²) in [6.45, 7) is 7.55. The Morgan fingerprint density at radius 2 is 1.71 bits per heavy atom. The molecular formula is C15H32N4O2. The molecule has 0 aliphatic carbocycles. The third kappa shape index (κ3) is 6.44. The minimum Gasteiger partial charge on any atom is -0.347 e. The second-order valence-electron chi connectivity index (χ2n) is 5.98. The van der Waals surface area contributed by atoms with Gasteiger partial charge < -0.3 is 15.5 Å². The number of hydrogen-bond donors (Lipinski definition) is 2. The lowest BCUT2D eigenvalue weighted by molar-refractivity contribution is -0.136. The van der Waals surface area contributed by atoms with E-state index in [2.05, 4.69) is 10.6 Å². The fourth-order valence-corrected chi connectivity index (χ4v) is 2.35. The lowest BCUT2D eigenvalue weighted by Crippen LogP contribution is -2.54. The molecular weight excluding hydrogens is 268 g/mol. The summed E-state index contributed by atoms with van der Waals surface area (Å²) in [5.41, 5.74) is 0. The first-order chi connectivity index (χ1) is 9.76. The highest BCUT2D eigenvalue weighted by Gasteiger charge is 2.29. The standard InChI is InChI=1S/C15H32N4O2/c1-8-12(15(21)18(5)6)17-14(20)13(11(2)3)19(7)10-9-16-4/h11-13,16H,8-10H2,1-7H3,(H,17,20)/t12?,13-/m0/s1. The van der Waals surface area contributed by atoms with Crippen molar-refractivity contribution in [2.75, 3.05) is 41.3 Å². The smallest absolute Gasteiger partial charge is 0.244 e. The maximum atomic E-state index is 12.5. The molecule has 6 nitrogen and oxygen atoms in total. The average molecular weight is 300 g/mol. The molecule has 0 rings (SSSR count). The van der Waals surface area contributed by atoms with Gasteiger partial charge in [0, 0.05) is 27.2 Å². The van der Waals surface area contributed by atoms with Crippen molar-refractivity contribution in [1.82, 2.24) is 20.4 Å². The highest BCUT2D eigenvalue weighted by atomic mass is 16.2. The third-order valence-corrected chi connectivity index (χ3v) is 3.55.